The Morgan fingerprint density at radius 2 is 2.16 bits per heavy atom. The molecule has 0 aliphatic carbocycles. The highest BCUT2D eigenvalue weighted by atomic mass is 35.5. The van der Waals surface area contributed by atoms with Crippen molar-refractivity contribution in [2.24, 2.45) is 0 Å². The fraction of sp³-hybridized carbons (Fsp3) is 0.0909. The second-order valence-corrected chi connectivity index (χ2v) is 4.99. The lowest BCUT2D eigenvalue weighted by Gasteiger charge is -2.03. The molecular formula is C11H6Cl2FNO3S. The van der Waals surface area contributed by atoms with Gasteiger partial charge in [0.05, 0.1) is 12.1 Å². The van der Waals surface area contributed by atoms with Crippen LogP contribution < -0.4 is 4.74 Å². The quantitative estimate of drug-likeness (QED) is 0.796. The van der Waals surface area contributed by atoms with Gasteiger partial charge in [-0.05, 0) is 18.2 Å². The third kappa shape index (κ3) is 3.15. The van der Waals surface area contributed by atoms with Gasteiger partial charge < -0.3 is 9.47 Å². The molecule has 2 rings (SSSR count). The number of nitrogens with zero attached hydrogens (tertiary/aromatic N) is 1. The molecule has 1 aromatic carbocycles. The summed E-state index contributed by atoms with van der Waals surface area (Å²) in [6.07, 6.45) is 0. The van der Waals surface area contributed by atoms with Crippen LogP contribution in [-0.4, -0.2) is 18.1 Å². The summed E-state index contributed by atoms with van der Waals surface area (Å²) >= 11 is 12.5. The summed E-state index contributed by atoms with van der Waals surface area (Å²) in [5.74, 6) is -0.878. The zero-order chi connectivity index (χ0) is 14.0. The smallest absolute Gasteiger partial charge is 0.351 e. The Morgan fingerprint density at radius 1 is 1.42 bits per heavy atom. The van der Waals surface area contributed by atoms with E-state index in [0.29, 0.717) is 0 Å². The number of hydrogen-bond acceptors (Lipinski definition) is 5. The summed E-state index contributed by atoms with van der Waals surface area (Å²) in [7, 11) is 1.23. The molecule has 1 aromatic heterocycles. The van der Waals surface area contributed by atoms with E-state index in [0.717, 1.165) is 17.4 Å². The molecule has 1 heterocycles. The van der Waals surface area contributed by atoms with Crippen LogP contribution in [0.25, 0.3) is 0 Å². The molecule has 8 heteroatoms. The van der Waals surface area contributed by atoms with Gasteiger partial charge in [-0.2, -0.15) is 4.98 Å². The van der Waals surface area contributed by atoms with Gasteiger partial charge in [0, 0.05) is 0 Å². The highest BCUT2D eigenvalue weighted by molar-refractivity contribution is 7.15. The number of halogens is 3. The first-order valence-electron chi connectivity index (χ1n) is 4.89. The molecule has 0 saturated heterocycles. The number of ether oxygens (including phenoxy) is 2. The Kier molecular flexibility index (Phi) is 4.24. The Hall–Kier alpha value is -1.37. The number of methoxy groups -OCH3 is 1. The average molecular weight is 322 g/mol. The molecule has 0 spiro atoms. The number of aromatic nitrogens is 1. The minimum absolute atomic E-state index is 0.0231. The van der Waals surface area contributed by atoms with Crippen molar-refractivity contribution in [3.8, 4) is 10.9 Å². The lowest BCUT2D eigenvalue weighted by Crippen LogP contribution is -1.98. The van der Waals surface area contributed by atoms with Gasteiger partial charge in [0.2, 0.25) is 0 Å². The molecule has 0 fully saturated rings. The molecule has 0 bridgehead atoms. The fourth-order valence-corrected chi connectivity index (χ4v) is 2.46. The number of carbonyl (C=O) groups excluding carboxylic acids is 1. The third-order valence-electron chi connectivity index (χ3n) is 2.03. The Morgan fingerprint density at radius 3 is 2.79 bits per heavy atom. The first-order chi connectivity index (χ1) is 9.01. The molecule has 19 heavy (non-hydrogen) atoms. The van der Waals surface area contributed by atoms with E-state index < -0.39 is 11.8 Å². The molecule has 0 aliphatic heterocycles. The highest BCUT2D eigenvalue weighted by Gasteiger charge is 2.19. The molecule has 0 radical (unpaired) electrons. The van der Waals surface area contributed by atoms with Crippen LogP contribution in [0.1, 0.15) is 9.67 Å². The fourth-order valence-electron chi connectivity index (χ4n) is 1.20. The Bertz CT molecular complexity index is 632. The number of benzene rings is 1. The van der Waals surface area contributed by atoms with Gasteiger partial charge in [-0.1, -0.05) is 34.5 Å². The van der Waals surface area contributed by atoms with Gasteiger partial charge in [-0.15, -0.1) is 0 Å². The average Bonchev–Trinajstić information content (AvgIpc) is 2.73. The van der Waals surface area contributed by atoms with E-state index in [1.54, 1.807) is 0 Å². The molecule has 4 nitrogen and oxygen atoms in total. The topological polar surface area (TPSA) is 48.4 Å². The molecule has 0 aliphatic rings. The SMILES string of the molecule is COC(=O)c1sc(Oc2ccc(F)cc2Cl)nc1Cl. The first-order valence-corrected chi connectivity index (χ1v) is 6.46. The highest BCUT2D eigenvalue weighted by Crippen LogP contribution is 2.35. The van der Waals surface area contributed by atoms with Crippen molar-refractivity contribution in [2.45, 2.75) is 0 Å². The van der Waals surface area contributed by atoms with Gasteiger partial charge in [0.1, 0.15) is 11.6 Å². The van der Waals surface area contributed by atoms with Crippen LogP contribution in [-0.2, 0) is 4.74 Å². The minimum atomic E-state index is -0.609. The van der Waals surface area contributed by atoms with Crippen molar-refractivity contribution in [1.82, 2.24) is 4.98 Å². The van der Waals surface area contributed by atoms with Gasteiger partial charge in [0.15, 0.2) is 10.0 Å². The van der Waals surface area contributed by atoms with Crippen molar-refractivity contribution in [3.63, 3.8) is 0 Å². The van der Waals surface area contributed by atoms with Crippen molar-refractivity contribution < 1.29 is 18.7 Å². The molecule has 0 N–H and O–H groups in total. The van der Waals surface area contributed by atoms with Gasteiger partial charge in [-0.3, -0.25) is 0 Å². The maximum atomic E-state index is 12.9. The Labute approximate surface area is 121 Å². The molecule has 0 saturated carbocycles. The largest absolute Gasteiger partial charge is 0.465 e. The lowest BCUT2D eigenvalue weighted by molar-refractivity contribution is 0.0606. The predicted octanol–water partition coefficient (Wildman–Crippen LogP) is 4.17. The molecule has 0 amide bonds. The molecule has 2 aromatic rings. The van der Waals surface area contributed by atoms with E-state index in [1.165, 1.54) is 19.2 Å². The van der Waals surface area contributed by atoms with Crippen LogP contribution in [0.2, 0.25) is 10.2 Å². The molecule has 0 unspecified atom stereocenters. The minimum Gasteiger partial charge on any atom is -0.465 e. The normalized spacial score (nSPS) is 10.3. The van der Waals surface area contributed by atoms with E-state index in [9.17, 15) is 9.18 Å². The molecular weight excluding hydrogens is 316 g/mol. The monoisotopic (exact) mass is 321 g/mol. The summed E-state index contributed by atoms with van der Waals surface area (Å²) in [6.45, 7) is 0. The van der Waals surface area contributed by atoms with Crippen LogP contribution in [0.5, 0.6) is 10.9 Å². The summed E-state index contributed by atoms with van der Waals surface area (Å²) in [4.78, 5) is 15.3. The summed E-state index contributed by atoms with van der Waals surface area (Å²) in [6, 6.07) is 3.65. The summed E-state index contributed by atoms with van der Waals surface area (Å²) in [5.41, 5.74) is 0. The zero-order valence-corrected chi connectivity index (χ0v) is 11.8. The molecule has 100 valence electrons. The van der Waals surface area contributed by atoms with E-state index >= 15 is 0 Å². The summed E-state index contributed by atoms with van der Waals surface area (Å²) in [5, 5.41) is 0.176. The standard InChI is InChI=1S/C11H6Cl2FNO3S/c1-17-10(16)8-9(13)15-11(19-8)18-7-3-2-5(14)4-6(7)12/h2-4H,1H3. The van der Waals surface area contributed by atoms with Crippen molar-refractivity contribution in [2.75, 3.05) is 7.11 Å². The third-order valence-corrected chi connectivity index (χ3v) is 3.62. The maximum absolute atomic E-state index is 12.9. The van der Waals surface area contributed by atoms with Crippen LogP contribution >= 0.6 is 34.5 Å². The lowest BCUT2D eigenvalue weighted by atomic mass is 10.3. The Balaban J connectivity index is 2.26. The van der Waals surface area contributed by atoms with Crippen molar-refractivity contribution >= 4 is 40.5 Å². The maximum Gasteiger partial charge on any atom is 0.351 e. The van der Waals surface area contributed by atoms with Gasteiger partial charge in [0.25, 0.3) is 5.19 Å². The number of thiazole rings is 1. The number of esters is 1. The van der Waals surface area contributed by atoms with E-state index in [2.05, 4.69) is 9.72 Å². The van der Waals surface area contributed by atoms with E-state index in [1.807, 2.05) is 0 Å². The van der Waals surface area contributed by atoms with E-state index in [4.69, 9.17) is 27.9 Å². The second kappa shape index (κ2) is 5.73. The van der Waals surface area contributed by atoms with Crippen LogP contribution in [0.4, 0.5) is 4.39 Å². The van der Waals surface area contributed by atoms with Gasteiger partial charge in [-0.25, -0.2) is 9.18 Å². The van der Waals surface area contributed by atoms with Crippen molar-refractivity contribution in [1.29, 1.82) is 0 Å². The summed E-state index contributed by atoms with van der Waals surface area (Å²) < 4.78 is 22.7. The van der Waals surface area contributed by atoms with Crippen LogP contribution in [0, 0.1) is 5.82 Å². The van der Waals surface area contributed by atoms with Gasteiger partial charge >= 0.3 is 5.97 Å². The first kappa shape index (κ1) is 14.0. The van der Waals surface area contributed by atoms with Crippen LogP contribution in [0.3, 0.4) is 0 Å². The zero-order valence-electron chi connectivity index (χ0n) is 9.45. The van der Waals surface area contributed by atoms with E-state index in [-0.39, 0.29) is 26.0 Å². The number of carbonyl (C=O) groups is 1. The number of rotatable bonds is 3. The van der Waals surface area contributed by atoms with Crippen LogP contribution in [0.15, 0.2) is 18.2 Å². The second-order valence-electron chi connectivity index (χ2n) is 3.27. The number of hydrogen-bond donors (Lipinski definition) is 0. The molecule has 0 atom stereocenters. The van der Waals surface area contributed by atoms with Crippen molar-refractivity contribution in [3.05, 3.63) is 39.1 Å². The predicted molar refractivity (Wildman–Crippen MR) is 69.9 cm³/mol.